The van der Waals surface area contributed by atoms with Crippen LogP contribution in [0.3, 0.4) is 0 Å². The van der Waals surface area contributed by atoms with Crippen LogP contribution >= 0.6 is 0 Å². The quantitative estimate of drug-likeness (QED) is 0.638. The molecule has 0 spiro atoms. The van der Waals surface area contributed by atoms with E-state index in [1.54, 1.807) is 0 Å². The van der Waals surface area contributed by atoms with Crippen LogP contribution < -0.4 is 10.9 Å². The smallest absolute Gasteiger partial charge is 0.238 e. The van der Waals surface area contributed by atoms with Crippen molar-refractivity contribution < 1.29 is 9.59 Å². The Kier molecular flexibility index (Phi) is 7.89. The number of carbonyl (C=O) groups excluding carboxylic acids is 2. The monoisotopic (exact) mass is 200 g/mol. The lowest BCUT2D eigenvalue weighted by Gasteiger charge is -2.06. The van der Waals surface area contributed by atoms with Gasteiger partial charge in [-0.1, -0.05) is 26.7 Å². The minimum atomic E-state index is -0.114. The number of hydrazine groups is 1. The average molecular weight is 200 g/mol. The fraction of sp³-hybridized carbons (Fsp3) is 0.800. The Morgan fingerprint density at radius 3 is 1.50 bits per heavy atom. The number of nitrogens with one attached hydrogen (secondary N) is 2. The summed E-state index contributed by atoms with van der Waals surface area (Å²) in [6, 6.07) is 0. The third-order valence-electron chi connectivity index (χ3n) is 1.86. The first kappa shape index (κ1) is 12.9. The molecule has 0 fully saturated rings. The topological polar surface area (TPSA) is 58.2 Å². The van der Waals surface area contributed by atoms with Gasteiger partial charge in [-0.25, -0.2) is 0 Å². The van der Waals surface area contributed by atoms with Crippen molar-refractivity contribution in [3.63, 3.8) is 0 Å². The van der Waals surface area contributed by atoms with Gasteiger partial charge in [0, 0.05) is 12.8 Å². The first-order chi connectivity index (χ1) is 6.70. The lowest BCUT2D eigenvalue weighted by molar-refractivity contribution is -0.129. The fourth-order valence-electron chi connectivity index (χ4n) is 0.939. The van der Waals surface area contributed by atoms with Crippen LogP contribution in [0.4, 0.5) is 0 Å². The molecule has 0 aliphatic rings. The molecule has 4 heteroatoms. The van der Waals surface area contributed by atoms with Crippen LogP contribution in [0.1, 0.15) is 52.4 Å². The maximum atomic E-state index is 11.1. The Labute approximate surface area is 85.4 Å². The summed E-state index contributed by atoms with van der Waals surface area (Å²) < 4.78 is 0. The highest BCUT2D eigenvalue weighted by Gasteiger charge is 2.02. The van der Waals surface area contributed by atoms with Crippen molar-refractivity contribution in [3.05, 3.63) is 0 Å². The third kappa shape index (κ3) is 7.58. The largest absolute Gasteiger partial charge is 0.273 e. The minimum absolute atomic E-state index is 0.114. The zero-order valence-electron chi connectivity index (χ0n) is 9.06. The standard InChI is InChI=1S/C10H20N2O2/c1-3-5-7-9(13)11-12-10(14)8-6-4-2/h3-8H2,1-2H3,(H,11,13)(H,12,14). The zero-order chi connectivity index (χ0) is 10.8. The second-order valence-electron chi connectivity index (χ2n) is 3.30. The molecule has 0 radical (unpaired) electrons. The molecule has 0 unspecified atom stereocenters. The molecule has 0 aromatic carbocycles. The summed E-state index contributed by atoms with van der Waals surface area (Å²) in [5.41, 5.74) is 4.78. The van der Waals surface area contributed by atoms with Crippen LogP contribution in [0.2, 0.25) is 0 Å². The molecule has 4 nitrogen and oxygen atoms in total. The van der Waals surface area contributed by atoms with Crippen molar-refractivity contribution in [1.82, 2.24) is 10.9 Å². The van der Waals surface area contributed by atoms with Crippen LogP contribution in [0, 0.1) is 0 Å². The molecule has 0 rings (SSSR count). The molecule has 0 atom stereocenters. The molecule has 0 aromatic rings. The molecule has 0 aliphatic carbocycles. The van der Waals surface area contributed by atoms with Gasteiger partial charge in [-0.3, -0.25) is 20.4 Å². The first-order valence-corrected chi connectivity index (χ1v) is 5.28. The van der Waals surface area contributed by atoms with Crippen molar-refractivity contribution >= 4 is 11.8 Å². The second kappa shape index (κ2) is 8.53. The van der Waals surface area contributed by atoms with Gasteiger partial charge in [-0.2, -0.15) is 0 Å². The van der Waals surface area contributed by atoms with E-state index in [1.165, 1.54) is 0 Å². The highest BCUT2D eigenvalue weighted by Crippen LogP contribution is 1.93. The average Bonchev–Trinajstić information content (AvgIpc) is 2.20. The summed E-state index contributed by atoms with van der Waals surface area (Å²) in [4.78, 5) is 22.1. The number of carbonyl (C=O) groups is 2. The molecule has 0 bridgehead atoms. The summed E-state index contributed by atoms with van der Waals surface area (Å²) in [5, 5.41) is 0. The van der Waals surface area contributed by atoms with Gasteiger partial charge >= 0.3 is 0 Å². The highest BCUT2D eigenvalue weighted by molar-refractivity contribution is 5.81. The number of hydrogen-bond acceptors (Lipinski definition) is 2. The van der Waals surface area contributed by atoms with Gasteiger partial charge in [0.25, 0.3) is 0 Å². The van der Waals surface area contributed by atoms with E-state index in [0.717, 1.165) is 25.7 Å². The number of hydrogen-bond donors (Lipinski definition) is 2. The Morgan fingerprint density at radius 2 is 1.21 bits per heavy atom. The molecule has 82 valence electrons. The Morgan fingerprint density at radius 1 is 0.857 bits per heavy atom. The molecular formula is C10H20N2O2. The van der Waals surface area contributed by atoms with Crippen molar-refractivity contribution in [2.24, 2.45) is 0 Å². The van der Waals surface area contributed by atoms with Crippen LogP contribution in [-0.2, 0) is 9.59 Å². The van der Waals surface area contributed by atoms with Gasteiger partial charge in [0.15, 0.2) is 0 Å². The molecule has 0 saturated carbocycles. The predicted octanol–water partition coefficient (Wildman–Crippen LogP) is 1.51. The van der Waals surface area contributed by atoms with E-state index in [1.807, 2.05) is 13.8 Å². The SMILES string of the molecule is CCCCC(=O)NNC(=O)CCCC. The minimum Gasteiger partial charge on any atom is -0.273 e. The van der Waals surface area contributed by atoms with E-state index in [-0.39, 0.29) is 11.8 Å². The van der Waals surface area contributed by atoms with Crippen molar-refractivity contribution in [3.8, 4) is 0 Å². The highest BCUT2D eigenvalue weighted by atomic mass is 16.2. The van der Waals surface area contributed by atoms with Gasteiger partial charge in [0.1, 0.15) is 0 Å². The summed E-state index contributed by atoms with van der Waals surface area (Å²) in [7, 11) is 0. The molecule has 0 aliphatic heterocycles. The van der Waals surface area contributed by atoms with E-state index in [4.69, 9.17) is 0 Å². The molecule has 0 aromatic heterocycles. The number of rotatable bonds is 6. The molecule has 2 amide bonds. The summed E-state index contributed by atoms with van der Waals surface area (Å²) in [5.74, 6) is -0.228. The molecule has 14 heavy (non-hydrogen) atoms. The van der Waals surface area contributed by atoms with Crippen molar-refractivity contribution in [2.45, 2.75) is 52.4 Å². The van der Waals surface area contributed by atoms with Gasteiger partial charge < -0.3 is 0 Å². The van der Waals surface area contributed by atoms with Gasteiger partial charge in [-0.15, -0.1) is 0 Å². The fourth-order valence-corrected chi connectivity index (χ4v) is 0.939. The van der Waals surface area contributed by atoms with E-state index in [0.29, 0.717) is 12.8 Å². The van der Waals surface area contributed by atoms with Crippen LogP contribution in [0.25, 0.3) is 0 Å². The second-order valence-corrected chi connectivity index (χ2v) is 3.30. The van der Waals surface area contributed by atoms with Crippen LogP contribution in [0.5, 0.6) is 0 Å². The van der Waals surface area contributed by atoms with E-state index in [2.05, 4.69) is 10.9 Å². The Hall–Kier alpha value is -1.06. The molecule has 2 N–H and O–H groups in total. The summed E-state index contributed by atoms with van der Waals surface area (Å²) in [6.07, 6.45) is 4.64. The molecule has 0 heterocycles. The summed E-state index contributed by atoms with van der Waals surface area (Å²) in [6.45, 7) is 4.04. The van der Waals surface area contributed by atoms with Crippen molar-refractivity contribution in [2.75, 3.05) is 0 Å². The Bertz CT molecular complexity index is 161. The summed E-state index contributed by atoms with van der Waals surface area (Å²) >= 11 is 0. The van der Waals surface area contributed by atoms with E-state index in [9.17, 15) is 9.59 Å². The first-order valence-electron chi connectivity index (χ1n) is 5.28. The van der Waals surface area contributed by atoms with Gasteiger partial charge in [0.2, 0.25) is 11.8 Å². The van der Waals surface area contributed by atoms with Crippen molar-refractivity contribution in [1.29, 1.82) is 0 Å². The molecular weight excluding hydrogens is 180 g/mol. The van der Waals surface area contributed by atoms with Gasteiger partial charge in [-0.05, 0) is 12.8 Å². The van der Waals surface area contributed by atoms with Crippen LogP contribution in [0.15, 0.2) is 0 Å². The zero-order valence-corrected chi connectivity index (χ0v) is 9.06. The van der Waals surface area contributed by atoms with Gasteiger partial charge in [0.05, 0.1) is 0 Å². The lowest BCUT2D eigenvalue weighted by Crippen LogP contribution is -2.41. The normalized spacial score (nSPS) is 9.57. The lowest BCUT2D eigenvalue weighted by atomic mass is 10.2. The maximum Gasteiger partial charge on any atom is 0.238 e. The maximum absolute atomic E-state index is 11.1. The van der Waals surface area contributed by atoms with E-state index >= 15 is 0 Å². The number of unbranched alkanes of at least 4 members (excludes halogenated alkanes) is 2. The Balaban J connectivity index is 3.41. The number of amides is 2. The predicted molar refractivity (Wildman–Crippen MR) is 55.3 cm³/mol. The third-order valence-corrected chi connectivity index (χ3v) is 1.86. The van der Waals surface area contributed by atoms with Crippen LogP contribution in [-0.4, -0.2) is 11.8 Å². The van der Waals surface area contributed by atoms with E-state index < -0.39 is 0 Å². The molecule has 0 saturated heterocycles.